The number of rotatable bonds is 8. The molecular weight excluding hydrogens is 254 g/mol. The van der Waals surface area contributed by atoms with Crippen molar-refractivity contribution in [3.63, 3.8) is 0 Å². The lowest BCUT2D eigenvalue weighted by atomic mass is 10.2. The fourth-order valence-corrected chi connectivity index (χ4v) is 2.51. The highest BCUT2D eigenvalue weighted by Crippen LogP contribution is 2.28. The molecule has 112 valence electrons. The van der Waals surface area contributed by atoms with E-state index < -0.39 is 0 Å². The summed E-state index contributed by atoms with van der Waals surface area (Å²) in [6.45, 7) is 6.84. The third-order valence-corrected chi connectivity index (χ3v) is 3.57. The van der Waals surface area contributed by atoms with Crippen LogP contribution in [0, 0.1) is 0 Å². The Morgan fingerprint density at radius 2 is 1.95 bits per heavy atom. The smallest absolute Gasteiger partial charge is 0.161 e. The molecule has 0 bridgehead atoms. The molecule has 4 heteroatoms. The molecule has 0 saturated carbocycles. The molecule has 1 aliphatic heterocycles. The van der Waals surface area contributed by atoms with Gasteiger partial charge in [0.2, 0.25) is 0 Å². The fourth-order valence-electron chi connectivity index (χ4n) is 2.51. The van der Waals surface area contributed by atoms with Crippen molar-refractivity contribution >= 4 is 0 Å². The molecular formula is C16H25NO3. The number of ether oxygens (including phenoxy) is 2. The van der Waals surface area contributed by atoms with E-state index in [0.717, 1.165) is 30.0 Å². The van der Waals surface area contributed by atoms with Crippen LogP contribution >= 0.6 is 0 Å². The van der Waals surface area contributed by atoms with Crippen LogP contribution in [-0.2, 0) is 6.61 Å². The summed E-state index contributed by atoms with van der Waals surface area (Å²) in [5.41, 5.74) is 0.845. The number of aliphatic hydroxyl groups excluding tert-OH is 1. The molecule has 1 N–H and O–H groups in total. The predicted molar refractivity (Wildman–Crippen MR) is 79.3 cm³/mol. The highest BCUT2D eigenvalue weighted by atomic mass is 16.5. The minimum Gasteiger partial charge on any atom is -0.490 e. The highest BCUT2D eigenvalue weighted by Gasteiger charge is 2.11. The second kappa shape index (κ2) is 8.12. The molecule has 0 unspecified atom stereocenters. The van der Waals surface area contributed by atoms with E-state index in [0.29, 0.717) is 13.2 Å². The Bertz CT molecular complexity index is 403. The first kappa shape index (κ1) is 15.1. The van der Waals surface area contributed by atoms with Gasteiger partial charge in [0.05, 0.1) is 19.8 Å². The van der Waals surface area contributed by atoms with Gasteiger partial charge in [-0.15, -0.1) is 0 Å². The van der Waals surface area contributed by atoms with Crippen molar-refractivity contribution in [3.05, 3.63) is 23.8 Å². The number of hydrogen-bond donors (Lipinski definition) is 1. The SMILES string of the molecule is CCOc1cc(CO)ccc1OCCCN1CCCC1. The third kappa shape index (κ3) is 4.39. The average molecular weight is 279 g/mol. The molecule has 0 aliphatic carbocycles. The van der Waals surface area contributed by atoms with E-state index in [1.54, 1.807) is 0 Å². The van der Waals surface area contributed by atoms with E-state index in [9.17, 15) is 0 Å². The first-order valence-electron chi connectivity index (χ1n) is 7.55. The van der Waals surface area contributed by atoms with Crippen LogP contribution in [0.3, 0.4) is 0 Å². The maximum atomic E-state index is 9.15. The molecule has 1 heterocycles. The topological polar surface area (TPSA) is 41.9 Å². The number of likely N-dealkylation sites (tertiary alicyclic amines) is 1. The molecule has 1 aliphatic rings. The van der Waals surface area contributed by atoms with Gasteiger partial charge in [-0.3, -0.25) is 0 Å². The summed E-state index contributed by atoms with van der Waals surface area (Å²) < 4.78 is 11.4. The number of benzene rings is 1. The molecule has 0 atom stereocenters. The van der Waals surface area contributed by atoms with Crippen LogP contribution in [-0.4, -0.2) is 42.9 Å². The maximum absolute atomic E-state index is 9.15. The van der Waals surface area contributed by atoms with Gasteiger partial charge in [0.15, 0.2) is 11.5 Å². The van der Waals surface area contributed by atoms with Gasteiger partial charge in [0, 0.05) is 6.54 Å². The molecule has 1 aromatic carbocycles. The van der Waals surface area contributed by atoms with Crippen LogP contribution in [0.4, 0.5) is 0 Å². The molecule has 1 saturated heterocycles. The van der Waals surface area contributed by atoms with Gasteiger partial charge in [-0.05, 0) is 57.0 Å². The summed E-state index contributed by atoms with van der Waals surface area (Å²) in [7, 11) is 0. The Morgan fingerprint density at radius 1 is 1.15 bits per heavy atom. The van der Waals surface area contributed by atoms with E-state index in [2.05, 4.69) is 4.90 Å². The van der Waals surface area contributed by atoms with E-state index >= 15 is 0 Å². The average Bonchev–Trinajstić information content (AvgIpc) is 2.98. The Labute approximate surface area is 121 Å². The molecule has 0 aromatic heterocycles. The summed E-state index contributed by atoms with van der Waals surface area (Å²) >= 11 is 0. The van der Waals surface area contributed by atoms with Crippen molar-refractivity contribution in [2.75, 3.05) is 32.8 Å². The zero-order chi connectivity index (χ0) is 14.2. The van der Waals surface area contributed by atoms with Crippen LogP contribution in [0.25, 0.3) is 0 Å². The molecule has 1 fully saturated rings. The molecule has 4 nitrogen and oxygen atoms in total. The van der Waals surface area contributed by atoms with Crippen molar-refractivity contribution < 1.29 is 14.6 Å². The van der Waals surface area contributed by atoms with E-state index in [-0.39, 0.29) is 6.61 Å². The van der Waals surface area contributed by atoms with E-state index in [1.807, 2.05) is 25.1 Å². The van der Waals surface area contributed by atoms with Gasteiger partial charge in [-0.25, -0.2) is 0 Å². The number of hydrogen-bond acceptors (Lipinski definition) is 4. The van der Waals surface area contributed by atoms with Crippen LogP contribution in [0.15, 0.2) is 18.2 Å². The first-order valence-corrected chi connectivity index (χ1v) is 7.55. The minimum absolute atomic E-state index is 0.0231. The highest BCUT2D eigenvalue weighted by molar-refractivity contribution is 5.42. The zero-order valence-electron chi connectivity index (χ0n) is 12.3. The van der Waals surface area contributed by atoms with Gasteiger partial charge >= 0.3 is 0 Å². The number of aliphatic hydroxyl groups is 1. The third-order valence-electron chi connectivity index (χ3n) is 3.57. The molecule has 20 heavy (non-hydrogen) atoms. The largest absolute Gasteiger partial charge is 0.490 e. The Kier molecular flexibility index (Phi) is 6.15. The quantitative estimate of drug-likeness (QED) is 0.742. The second-order valence-corrected chi connectivity index (χ2v) is 5.12. The fraction of sp³-hybridized carbons (Fsp3) is 0.625. The molecule has 1 aromatic rings. The van der Waals surface area contributed by atoms with Crippen molar-refractivity contribution in [1.82, 2.24) is 4.90 Å². The van der Waals surface area contributed by atoms with Crippen molar-refractivity contribution in [2.45, 2.75) is 32.8 Å². The zero-order valence-corrected chi connectivity index (χ0v) is 12.3. The Hall–Kier alpha value is -1.26. The minimum atomic E-state index is 0.0231. The molecule has 0 spiro atoms. The Morgan fingerprint density at radius 3 is 2.65 bits per heavy atom. The van der Waals surface area contributed by atoms with Crippen LogP contribution in [0.1, 0.15) is 31.7 Å². The Balaban J connectivity index is 1.81. The predicted octanol–water partition coefficient (Wildman–Crippen LogP) is 2.44. The summed E-state index contributed by atoms with van der Waals surface area (Å²) in [6.07, 6.45) is 3.70. The summed E-state index contributed by atoms with van der Waals surface area (Å²) in [4.78, 5) is 2.49. The van der Waals surface area contributed by atoms with Gasteiger partial charge < -0.3 is 19.5 Å². The van der Waals surface area contributed by atoms with Gasteiger partial charge in [0.1, 0.15) is 0 Å². The molecule has 2 rings (SSSR count). The first-order chi connectivity index (χ1) is 9.83. The van der Waals surface area contributed by atoms with Crippen molar-refractivity contribution in [3.8, 4) is 11.5 Å². The van der Waals surface area contributed by atoms with Crippen molar-refractivity contribution in [1.29, 1.82) is 0 Å². The summed E-state index contributed by atoms with van der Waals surface area (Å²) in [5, 5.41) is 9.15. The molecule has 0 radical (unpaired) electrons. The monoisotopic (exact) mass is 279 g/mol. The lowest BCUT2D eigenvalue weighted by Crippen LogP contribution is -2.21. The lowest BCUT2D eigenvalue weighted by molar-refractivity contribution is 0.246. The standard InChI is InChI=1S/C16H25NO3/c1-2-19-16-12-14(13-18)6-7-15(16)20-11-5-10-17-8-3-4-9-17/h6-7,12,18H,2-5,8-11,13H2,1H3. The lowest BCUT2D eigenvalue weighted by Gasteiger charge is -2.16. The van der Waals surface area contributed by atoms with Crippen LogP contribution in [0.2, 0.25) is 0 Å². The molecule has 0 amide bonds. The van der Waals surface area contributed by atoms with E-state index in [4.69, 9.17) is 14.6 Å². The normalized spacial score (nSPS) is 15.5. The van der Waals surface area contributed by atoms with Gasteiger partial charge in [0.25, 0.3) is 0 Å². The summed E-state index contributed by atoms with van der Waals surface area (Å²) in [5.74, 6) is 1.49. The summed E-state index contributed by atoms with van der Waals surface area (Å²) in [6, 6.07) is 5.60. The van der Waals surface area contributed by atoms with Gasteiger partial charge in [-0.2, -0.15) is 0 Å². The van der Waals surface area contributed by atoms with Crippen molar-refractivity contribution in [2.24, 2.45) is 0 Å². The van der Waals surface area contributed by atoms with Crippen LogP contribution in [0.5, 0.6) is 11.5 Å². The number of nitrogens with zero attached hydrogens (tertiary/aromatic N) is 1. The van der Waals surface area contributed by atoms with E-state index in [1.165, 1.54) is 25.9 Å². The van der Waals surface area contributed by atoms with Crippen LogP contribution < -0.4 is 9.47 Å². The van der Waals surface area contributed by atoms with Gasteiger partial charge in [-0.1, -0.05) is 6.07 Å². The maximum Gasteiger partial charge on any atom is 0.161 e. The second-order valence-electron chi connectivity index (χ2n) is 5.12.